The van der Waals surface area contributed by atoms with Crippen molar-refractivity contribution < 1.29 is 0 Å². The van der Waals surface area contributed by atoms with Crippen molar-refractivity contribution in [3.63, 3.8) is 0 Å². The second-order valence-corrected chi connectivity index (χ2v) is 4.58. The van der Waals surface area contributed by atoms with Crippen LogP contribution in [0.5, 0.6) is 0 Å². The molecule has 0 atom stereocenters. The van der Waals surface area contributed by atoms with Crippen LogP contribution in [0.25, 0.3) is 6.08 Å². The first kappa shape index (κ1) is 12.8. The van der Waals surface area contributed by atoms with E-state index >= 15 is 0 Å². The van der Waals surface area contributed by atoms with E-state index < -0.39 is 0 Å². The first-order valence-electron chi connectivity index (χ1n) is 6.42. The van der Waals surface area contributed by atoms with Crippen LogP contribution in [-0.4, -0.2) is 44.0 Å². The van der Waals surface area contributed by atoms with Gasteiger partial charge in [-0.2, -0.15) is 0 Å². The molecule has 1 aromatic rings. The molecule has 18 heavy (non-hydrogen) atoms. The predicted molar refractivity (Wildman–Crippen MR) is 78.2 cm³/mol. The summed E-state index contributed by atoms with van der Waals surface area (Å²) in [6.07, 6.45) is 1.90. The Morgan fingerprint density at radius 3 is 2.72 bits per heavy atom. The highest BCUT2D eigenvalue weighted by Gasteiger charge is 2.17. The Morgan fingerprint density at radius 2 is 2.11 bits per heavy atom. The molecular formula is C15H21N3. The molecule has 0 spiro atoms. The second-order valence-electron chi connectivity index (χ2n) is 4.58. The number of aliphatic imine (C=N–C) groups is 1. The third-order valence-corrected chi connectivity index (χ3v) is 3.30. The van der Waals surface area contributed by atoms with Crippen molar-refractivity contribution >= 4 is 11.9 Å². The highest BCUT2D eigenvalue weighted by molar-refractivity contribution is 6.02. The normalized spacial score (nSPS) is 16.8. The smallest absolute Gasteiger partial charge is 0.131 e. The summed E-state index contributed by atoms with van der Waals surface area (Å²) in [4.78, 5) is 6.84. The van der Waals surface area contributed by atoms with Crippen molar-refractivity contribution in [2.24, 2.45) is 4.99 Å². The third kappa shape index (κ3) is 2.62. The molecule has 0 radical (unpaired) electrons. The summed E-state index contributed by atoms with van der Waals surface area (Å²) in [6.45, 7) is 10.1. The van der Waals surface area contributed by atoms with Crippen molar-refractivity contribution in [3.8, 4) is 0 Å². The molecule has 3 heteroatoms. The summed E-state index contributed by atoms with van der Waals surface area (Å²) in [7, 11) is 1.87. The van der Waals surface area contributed by atoms with Crippen molar-refractivity contribution in [1.82, 2.24) is 10.2 Å². The van der Waals surface area contributed by atoms with E-state index in [0.717, 1.165) is 37.6 Å². The van der Waals surface area contributed by atoms with Crippen LogP contribution in [0.4, 0.5) is 0 Å². The Hall–Kier alpha value is -1.61. The number of aryl methyl sites for hydroxylation is 1. The summed E-state index contributed by atoms with van der Waals surface area (Å²) in [5, 5.41) is 3.37. The lowest BCUT2D eigenvalue weighted by atomic mass is 10.0. The summed E-state index contributed by atoms with van der Waals surface area (Å²) in [5.74, 6) is 1.08. The average Bonchev–Trinajstić information content (AvgIpc) is 2.41. The minimum absolute atomic E-state index is 1.01. The summed E-state index contributed by atoms with van der Waals surface area (Å²) in [6, 6.07) is 6.43. The number of hydrogen-bond acceptors (Lipinski definition) is 2. The van der Waals surface area contributed by atoms with Crippen molar-refractivity contribution in [1.29, 1.82) is 0 Å². The SMILES string of the molecule is C=Cc1ccc(C)cc1C(=NC)N1CCNCC1. The Kier molecular flexibility index (Phi) is 4.15. The predicted octanol–water partition coefficient (Wildman–Crippen LogP) is 1.92. The number of amidine groups is 1. The fourth-order valence-electron chi connectivity index (χ4n) is 2.35. The van der Waals surface area contributed by atoms with Crippen LogP contribution in [0.2, 0.25) is 0 Å². The maximum atomic E-state index is 4.50. The molecule has 1 saturated heterocycles. The van der Waals surface area contributed by atoms with Gasteiger partial charge in [0.25, 0.3) is 0 Å². The van der Waals surface area contributed by atoms with E-state index in [1.54, 1.807) is 0 Å². The van der Waals surface area contributed by atoms with Crippen LogP contribution in [-0.2, 0) is 0 Å². The monoisotopic (exact) mass is 243 g/mol. The van der Waals surface area contributed by atoms with Crippen LogP contribution >= 0.6 is 0 Å². The highest BCUT2D eigenvalue weighted by atomic mass is 15.2. The number of benzene rings is 1. The molecule has 3 nitrogen and oxygen atoms in total. The maximum absolute atomic E-state index is 4.50. The number of nitrogens with one attached hydrogen (secondary N) is 1. The molecule has 0 aromatic heterocycles. The van der Waals surface area contributed by atoms with Crippen LogP contribution < -0.4 is 5.32 Å². The van der Waals surface area contributed by atoms with Gasteiger partial charge in [0.15, 0.2) is 0 Å². The van der Waals surface area contributed by atoms with Gasteiger partial charge < -0.3 is 10.2 Å². The lowest BCUT2D eigenvalue weighted by Crippen LogP contribution is -2.46. The van der Waals surface area contributed by atoms with Crippen LogP contribution in [0, 0.1) is 6.92 Å². The molecule has 0 aliphatic carbocycles. The van der Waals surface area contributed by atoms with Gasteiger partial charge in [-0.3, -0.25) is 4.99 Å². The Balaban J connectivity index is 2.37. The molecule has 1 N–H and O–H groups in total. The molecule has 1 aromatic carbocycles. The Labute approximate surface area is 109 Å². The summed E-state index contributed by atoms with van der Waals surface area (Å²) < 4.78 is 0. The van der Waals surface area contributed by atoms with E-state index in [4.69, 9.17) is 0 Å². The molecule has 0 saturated carbocycles. The van der Waals surface area contributed by atoms with Gasteiger partial charge in [0.2, 0.25) is 0 Å². The topological polar surface area (TPSA) is 27.6 Å². The van der Waals surface area contributed by atoms with Gasteiger partial charge in [-0.05, 0) is 18.6 Å². The first-order valence-corrected chi connectivity index (χ1v) is 6.42. The van der Waals surface area contributed by atoms with E-state index in [2.05, 4.69) is 46.9 Å². The van der Waals surface area contributed by atoms with E-state index in [-0.39, 0.29) is 0 Å². The molecule has 96 valence electrons. The quantitative estimate of drug-likeness (QED) is 0.635. The lowest BCUT2D eigenvalue weighted by Gasteiger charge is -2.31. The maximum Gasteiger partial charge on any atom is 0.131 e. The van der Waals surface area contributed by atoms with Gasteiger partial charge in [0.05, 0.1) is 0 Å². The molecule has 0 unspecified atom stereocenters. The van der Waals surface area contributed by atoms with E-state index in [9.17, 15) is 0 Å². The molecule has 1 aliphatic heterocycles. The number of piperazine rings is 1. The largest absolute Gasteiger partial charge is 0.354 e. The Morgan fingerprint density at radius 1 is 1.39 bits per heavy atom. The molecule has 1 aliphatic rings. The minimum Gasteiger partial charge on any atom is -0.354 e. The first-order chi connectivity index (χ1) is 8.76. The van der Waals surface area contributed by atoms with Crippen LogP contribution in [0.3, 0.4) is 0 Å². The van der Waals surface area contributed by atoms with Crippen molar-refractivity contribution in [3.05, 3.63) is 41.5 Å². The highest BCUT2D eigenvalue weighted by Crippen LogP contribution is 2.16. The Bertz CT molecular complexity index is 457. The zero-order valence-electron chi connectivity index (χ0n) is 11.2. The zero-order valence-corrected chi connectivity index (χ0v) is 11.2. The van der Waals surface area contributed by atoms with Crippen molar-refractivity contribution in [2.45, 2.75) is 6.92 Å². The standard InChI is InChI=1S/C15H21N3/c1-4-13-6-5-12(2)11-14(13)15(16-3)18-9-7-17-8-10-18/h4-6,11,17H,1,7-10H2,2-3H3. The van der Waals surface area contributed by atoms with Gasteiger partial charge >= 0.3 is 0 Å². The van der Waals surface area contributed by atoms with E-state index in [1.165, 1.54) is 11.1 Å². The molecule has 1 fully saturated rings. The van der Waals surface area contributed by atoms with Gasteiger partial charge in [0.1, 0.15) is 5.84 Å². The van der Waals surface area contributed by atoms with Gasteiger partial charge in [-0.15, -0.1) is 0 Å². The van der Waals surface area contributed by atoms with Gasteiger partial charge in [-0.25, -0.2) is 0 Å². The molecular weight excluding hydrogens is 222 g/mol. The fraction of sp³-hybridized carbons (Fsp3) is 0.400. The number of rotatable bonds is 2. The average molecular weight is 243 g/mol. The van der Waals surface area contributed by atoms with E-state index in [1.807, 2.05) is 13.1 Å². The molecule has 2 rings (SSSR count). The van der Waals surface area contributed by atoms with E-state index in [0.29, 0.717) is 0 Å². The van der Waals surface area contributed by atoms with Gasteiger partial charge in [0, 0.05) is 38.8 Å². The zero-order chi connectivity index (χ0) is 13.0. The second kappa shape index (κ2) is 5.83. The summed E-state index contributed by atoms with van der Waals surface area (Å²) in [5.41, 5.74) is 3.60. The number of nitrogens with zero attached hydrogens (tertiary/aromatic N) is 2. The molecule has 0 bridgehead atoms. The third-order valence-electron chi connectivity index (χ3n) is 3.30. The minimum atomic E-state index is 1.01. The lowest BCUT2D eigenvalue weighted by molar-refractivity contribution is 0.357. The van der Waals surface area contributed by atoms with Gasteiger partial charge in [-0.1, -0.05) is 30.4 Å². The van der Waals surface area contributed by atoms with Crippen LogP contribution in [0.15, 0.2) is 29.8 Å². The molecule has 0 amide bonds. The summed E-state index contributed by atoms with van der Waals surface area (Å²) >= 11 is 0. The number of hydrogen-bond donors (Lipinski definition) is 1. The van der Waals surface area contributed by atoms with Crippen molar-refractivity contribution in [2.75, 3.05) is 33.2 Å². The molecule has 1 heterocycles. The fourth-order valence-corrected chi connectivity index (χ4v) is 2.35. The van der Waals surface area contributed by atoms with Crippen LogP contribution in [0.1, 0.15) is 16.7 Å².